The Kier molecular flexibility index (Phi) is 17.9. The molecule has 0 heterocycles. The maximum Gasteiger partial charge on any atom is 0.333 e. The van der Waals surface area contributed by atoms with Crippen molar-refractivity contribution in [3.63, 3.8) is 0 Å². The van der Waals surface area contributed by atoms with Crippen molar-refractivity contribution in [3.8, 4) is 11.1 Å². The van der Waals surface area contributed by atoms with Gasteiger partial charge in [-0.25, -0.2) is 9.59 Å². The molecule has 2 aromatic rings. The zero-order valence-electron chi connectivity index (χ0n) is 42.4. The molecule has 0 bridgehead atoms. The van der Waals surface area contributed by atoms with Gasteiger partial charge < -0.3 is 47.4 Å². The fourth-order valence-corrected chi connectivity index (χ4v) is 11.9. The molecule has 0 aliphatic heterocycles. The summed E-state index contributed by atoms with van der Waals surface area (Å²) in [5.41, 5.74) is -4.88. The second-order valence-electron chi connectivity index (χ2n) is 17.2. The average Bonchev–Trinajstić information content (AvgIpc) is 3.61. The Morgan fingerprint density at radius 1 is 0.478 bits per heavy atom. The van der Waals surface area contributed by atoms with Crippen molar-refractivity contribution in [2.45, 2.75) is 160 Å². The van der Waals surface area contributed by atoms with Crippen molar-refractivity contribution in [1.82, 2.24) is 0 Å². The molecule has 5 rings (SSSR count). The zero-order chi connectivity index (χ0) is 49.3. The predicted octanol–water partition coefficient (Wildman–Crippen LogP) is 10.3. The Labute approximate surface area is 400 Å². The van der Waals surface area contributed by atoms with Crippen molar-refractivity contribution in [2.75, 3.05) is 52.9 Å². The molecule has 0 radical (unpaired) electrons. The molecular weight excluding hydrogens is 853 g/mol. The molecule has 6 atom stereocenters. The van der Waals surface area contributed by atoms with Crippen molar-refractivity contribution in [2.24, 2.45) is 0 Å². The topological polar surface area (TPSA) is 126 Å². The monoisotopic (exact) mass is 931 g/mol. The highest BCUT2D eigenvalue weighted by Crippen LogP contribution is 2.72. The van der Waals surface area contributed by atoms with Gasteiger partial charge in [-0.15, -0.1) is 0 Å². The van der Waals surface area contributed by atoms with E-state index in [1.807, 2.05) is 118 Å². The summed E-state index contributed by atoms with van der Waals surface area (Å²) in [6.45, 7) is 31.6. The van der Waals surface area contributed by atoms with Crippen molar-refractivity contribution in [3.05, 3.63) is 108 Å². The molecular formula is C55H78O12. The van der Waals surface area contributed by atoms with E-state index in [1.54, 1.807) is 13.8 Å². The average molecular weight is 931 g/mol. The lowest BCUT2D eigenvalue weighted by Gasteiger charge is -2.71. The van der Waals surface area contributed by atoms with Gasteiger partial charge in [0.2, 0.25) is 11.6 Å². The lowest BCUT2D eigenvalue weighted by atomic mass is 9.45. The standard InChI is InChI=1S/C55H78O12/c1-15-35-49(58-17-3)45(66-47(56)39(11)12)33-37-51(60-19-5,54(49,62-21-7)63-22-8)53(43-31-27-25-29-41(43)42-30-26-28-32-44(42)53)52(61-20-6)38-34-46(67-48(57)40(13)14)50(36-16-2,59-18-4)55(52,64-23-9)65-24-10/h25-34,37-38,45-46H,11,13,15-24,35-36H2,1-10,12,14H3. The summed E-state index contributed by atoms with van der Waals surface area (Å²) in [7, 11) is 0. The van der Waals surface area contributed by atoms with Crippen molar-refractivity contribution >= 4 is 11.9 Å². The molecule has 0 saturated carbocycles. The molecule has 0 aromatic heterocycles. The summed E-state index contributed by atoms with van der Waals surface area (Å²) < 4.78 is 73.0. The Morgan fingerprint density at radius 3 is 1.07 bits per heavy atom. The van der Waals surface area contributed by atoms with Gasteiger partial charge in [0.05, 0.1) is 5.41 Å². The minimum Gasteiger partial charge on any atom is -0.451 e. The lowest BCUT2D eigenvalue weighted by molar-refractivity contribution is -0.447. The Balaban J connectivity index is 2.28. The Hall–Kier alpha value is -3.98. The molecule has 370 valence electrons. The van der Waals surface area contributed by atoms with E-state index in [2.05, 4.69) is 37.4 Å². The maximum absolute atomic E-state index is 13.9. The van der Waals surface area contributed by atoms with Crippen LogP contribution in [0.5, 0.6) is 0 Å². The third-order valence-corrected chi connectivity index (χ3v) is 13.4. The number of carbonyl (C=O) groups is 2. The number of fused-ring (bicyclic) bond motifs is 3. The normalized spacial score (nSPS) is 27.5. The first kappa shape index (κ1) is 54.0. The second kappa shape index (κ2) is 22.2. The first-order chi connectivity index (χ1) is 32.2. The number of rotatable bonds is 26. The fourth-order valence-electron chi connectivity index (χ4n) is 11.9. The summed E-state index contributed by atoms with van der Waals surface area (Å²) in [6.07, 6.45) is 7.12. The number of ether oxygens (including phenoxy) is 10. The molecule has 0 spiro atoms. The van der Waals surface area contributed by atoms with E-state index in [1.165, 1.54) is 0 Å². The highest BCUT2D eigenvalue weighted by molar-refractivity contribution is 5.88. The van der Waals surface area contributed by atoms with Crippen molar-refractivity contribution < 1.29 is 57.0 Å². The SMILES string of the molecule is C=C(C)C(=O)OC1C=CC(OCC)(C2(C3(OCC)C=CC(OC(=O)C(=C)C)C(CCC)(OCC)C3(OCC)OCC)c3ccccc3-c3ccccc32)C(OCC)(OCC)C1(CCC)OCC. The van der Waals surface area contributed by atoms with Crippen LogP contribution in [-0.4, -0.2) is 111 Å². The van der Waals surface area contributed by atoms with E-state index in [9.17, 15) is 9.59 Å². The largest absolute Gasteiger partial charge is 0.451 e. The lowest BCUT2D eigenvalue weighted by Crippen LogP contribution is -2.89. The summed E-state index contributed by atoms with van der Waals surface area (Å²) in [6, 6.07) is 16.4. The van der Waals surface area contributed by atoms with Gasteiger partial charge in [0.15, 0.2) is 34.6 Å². The first-order valence-corrected chi connectivity index (χ1v) is 24.6. The molecule has 0 fully saturated rings. The summed E-state index contributed by atoms with van der Waals surface area (Å²) >= 11 is 0. The molecule has 0 saturated heterocycles. The van der Waals surface area contributed by atoms with E-state index in [0.29, 0.717) is 12.8 Å². The minimum atomic E-state index is -1.99. The minimum absolute atomic E-state index is 0.110. The van der Waals surface area contributed by atoms with Gasteiger partial charge in [-0.05, 0) is 129 Å². The number of benzene rings is 2. The van der Waals surface area contributed by atoms with Crippen LogP contribution in [0.25, 0.3) is 11.1 Å². The molecule has 2 aromatic carbocycles. The van der Waals surface area contributed by atoms with Gasteiger partial charge in [-0.1, -0.05) is 88.4 Å². The molecule has 0 N–H and O–H groups in total. The van der Waals surface area contributed by atoms with Gasteiger partial charge >= 0.3 is 11.9 Å². The third-order valence-electron chi connectivity index (χ3n) is 13.4. The van der Waals surface area contributed by atoms with Crippen LogP contribution < -0.4 is 0 Å². The highest BCUT2D eigenvalue weighted by atomic mass is 16.8. The number of hydrogen-bond acceptors (Lipinski definition) is 12. The second-order valence-corrected chi connectivity index (χ2v) is 17.2. The smallest absolute Gasteiger partial charge is 0.333 e. The molecule has 3 aliphatic rings. The molecule has 67 heavy (non-hydrogen) atoms. The van der Waals surface area contributed by atoms with E-state index in [-0.39, 0.29) is 76.8 Å². The predicted molar refractivity (Wildman–Crippen MR) is 260 cm³/mol. The highest BCUT2D eigenvalue weighted by Gasteiger charge is 2.88. The molecule has 12 heteroatoms. The van der Waals surface area contributed by atoms with Crippen LogP contribution in [0.4, 0.5) is 0 Å². The quantitative estimate of drug-likeness (QED) is 0.0386. The van der Waals surface area contributed by atoms with Crippen LogP contribution >= 0.6 is 0 Å². The first-order valence-electron chi connectivity index (χ1n) is 24.6. The molecule has 0 amide bonds. The maximum atomic E-state index is 13.9. The van der Waals surface area contributed by atoms with E-state index >= 15 is 0 Å². The van der Waals surface area contributed by atoms with Gasteiger partial charge in [0.25, 0.3) is 0 Å². The van der Waals surface area contributed by atoms with Gasteiger partial charge in [0.1, 0.15) is 0 Å². The van der Waals surface area contributed by atoms with Crippen LogP contribution in [0.3, 0.4) is 0 Å². The Bertz CT molecular complexity index is 1930. The fraction of sp³-hybridized carbons (Fsp3) is 0.600. The Morgan fingerprint density at radius 2 is 0.791 bits per heavy atom. The van der Waals surface area contributed by atoms with Crippen LogP contribution in [0.2, 0.25) is 0 Å². The van der Waals surface area contributed by atoms with E-state index < -0.39 is 63.5 Å². The van der Waals surface area contributed by atoms with Crippen LogP contribution in [-0.2, 0) is 62.4 Å². The van der Waals surface area contributed by atoms with E-state index in [4.69, 9.17) is 47.4 Å². The van der Waals surface area contributed by atoms with Crippen LogP contribution in [0.1, 0.15) is 120 Å². The summed E-state index contributed by atoms with van der Waals surface area (Å²) in [4.78, 5) is 27.8. The number of hydrogen-bond donors (Lipinski definition) is 0. The third kappa shape index (κ3) is 7.91. The number of carbonyl (C=O) groups excluding carboxylic acids is 2. The zero-order valence-corrected chi connectivity index (χ0v) is 42.4. The summed E-state index contributed by atoms with van der Waals surface area (Å²) in [5, 5.41) is 0. The number of esters is 2. The van der Waals surface area contributed by atoms with Gasteiger partial charge in [-0.3, -0.25) is 0 Å². The summed E-state index contributed by atoms with van der Waals surface area (Å²) in [5.74, 6) is -5.18. The van der Waals surface area contributed by atoms with Gasteiger partial charge in [0, 0.05) is 64.0 Å². The molecule has 12 nitrogen and oxygen atoms in total. The molecule has 6 unspecified atom stereocenters. The van der Waals surface area contributed by atoms with Crippen molar-refractivity contribution in [1.29, 1.82) is 0 Å². The van der Waals surface area contributed by atoms with Gasteiger partial charge in [-0.2, -0.15) is 0 Å². The van der Waals surface area contributed by atoms with Crippen LogP contribution in [0, 0.1) is 0 Å². The molecule has 3 aliphatic carbocycles. The van der Waals surface area contributed by atoms with Crippen LogP contribution in [0.15, 0.2) is 97.1 Å². The van der Waals surface area contributed by atoms with E-state index in [0.717, 1.165) is 22.3 Å².